The average molecular weight is 597 g/mol. The van der Waals surface area contributed by atoms with Gasteiger partial charge in [-0.2, -0.15) is 0 Å². The summed E-state index contributed by atoms with van der Waals surface area (Å²) in [5.74, 6) is 1.36. The third-order valence-electron chi connectivity index (χ3n) is 7.68. The van der Waals surface area contributed by atoms with Gasteiger partial charge in [-0.1, -0.05) is 29.4 Å². The Morgan fingerprint density at radius 3 is 2.61 bits per heavy atom. The molecule has 6 bridgehead atoms. The zero-order valence-corrected chi connectivity index (χ0v) is 24.4. The van der Waals surface area contributed by atoms with Crippen LogP contribution in [0.25, 0.3) is 11.1 Å². The van der Waals surface area contributed by atoms with Gasteiger partial charge < -0.3 is 34.3 Å². The van der Waals surface area contributed by atoms with Gasteiger partial charge in [-0.05, 0) is 60.5 Å². The van der Waals surface area contributed by atoms with Crippen molar-refractivity contribution in [3.8, 4) is 28.4 Å². The van der Waals surface area contributed by atoms with E-state index in [9.17, 15) is 14.4 Å². The number of nitrogens with zero attached hydrogens (tertiary/aromatic N) is 2. The van der Waals surface area contributed by atoms with E-state index in [4.69, 9.17) is 18.7 Å². The summed E-state index contributed by atoms with van der Waals surface area (Å²) < 4.78 is 22.8. The van der Waals surface area contributed by atoms with Crippen LogP contribution in [0, 0.1) is 6.92 Å². The second-order valence-corrected chi connectivity index (χ2v) is 10.8. The lowest BCUT2D eigenvalue weighted by Crippen LogP contribution is -2.58. The van der Waals surface area contributed by atoms with E-state index in [1.165, 1.54) is 0 Å². The highest BCUT2D eigenvalue weighted by Gasteiger charge is 2.35. The zero-order valence-electron chi connectivity index (χ0n) is 24.4. The Morgan fingerprint density at radius 1 is 1.00 bits per heavy atom. The molecule has 0 spiro atoms. The Bertz CT molecular complexity index is 1680. The number of methoxy groups -OCH3 is 1. The summed E-state index contributed by atoms with van der Waals surface area (Å²) in [5, 5.41) is 9.87. The monoisotopic (exact) mass is 596 g/mol. The Balaban J connectivity index is 1.34. The van der Waals surface area contributed by atoms with E-state index in [1.807, 2.05) is 36.4 Å². The fourth-order valence-corrected chi connectivity index (χ4v) is 5.37. The minimum Gasteiger partial charge on any atom is -0.496 e. The Hall–Kier alpha value is -5.32. The lowest BCUT2D eigenvalue weighted by molar-refractivity contribution is -0.123. The Morgan fingerprint density at radius 2 is 1.84 bits per heavy atom. The third kappa shape index (κ3) is 6.36. The summed E-state index contributed by atoms with van der Waals surface area (Å²) in [6.07, 6.45) is 0.0659. The van der Waals surface area contributed by atoms with Crippen molar-refractivity contribution in [2.45, 2.75) is 32.0 Å². The van der Waals surface area contributed by atoms with Crippen molar-refractivity contribution >= 4 is 17.7 Å². The molecule has 2 atom stereocenters. The molecule has 0 radical (unpaired) electrons. The standard InChI is InChI=1S/C33H32N4O7/c1-20-14-27(36-44-20)33(40)37-13-12-30-28(18-37)35-32(39)23-8-11-29(41-2)26(16-23)22-4-3-5-25(15-22)42-19-31(38)34-17-21-6-9-24(43-30)10-7-21/h3-11,14-16,28,30H,12-13,17-19H2,1-2H3,(H,34,38)(H,35,39)/t28-,30-/m1/s1. The molecule has 0 unspecified atom stereocenters. The molecule has 1 fully saturated rings. The van der Waals surface area contributed by atoms with Crippen molar-refractivity contribution in [1.29, 1.82) is 0 Å². The molecule has 2 N–H and O–H groups in total. The lowest BCUT2D eigenvalue weighted by atomic mass is 9.99. The van der Waals surface area contributed by atoms with Crippen molar-refractivity contribution in [3.63, 3.8) is 0 Å². The van der Waals surface area contributed by atoms with Crippen molar-refractivity contribution in [1.82, 2.24) is 20.7 Å². The van der Waals surface area contributed by atoms with E-state index in [0.717, 1.165) is 11.1 Å². The van der Waals surface area contributed by atoms with Crippen molar-refractivity contribution in [2.24, 2.45) is 0 Å². The number of rotatable bonds is 2. The summed E-state index contributed by atoms with van der Waals surface area (Å²) in [7, 11) is 1.56. The maximum atomic E-state index is 13.7. The van der Waals surface area contributed by atoms with E-state index in [1.54, 1.807) is 55.3 Å². The van der Waals surface area contributed by atoms with Crippen LogP contribution in [0.15, 0.2) is 77.3 Å². The molecule has 11 nitrogen and oxygen atoms in total. The van der Waals surface area contributed by atoms with Crippen LogP contribution < -0.4 is 24.8 Å². The molecule has 3 aliphatic rings. The number of likely N-dealkylation sites (tertiary alicyclic amines) is 1. The van der Waals surface area contributed by atoms with Gasteiger partial charge in [0.1, 0.15) is 29.1 Å². The summed E-state index contributed by atoms with van der Waals surface area (Å²) in [5.41, 5.74) is 2.94. The van der Waals surface area contributed by atoms with Crippen LogP contribution >= 0.6 is 0 Å². The quantitative estimate of drug-likeness (QED) is 0.358. The molecule has 0 saturated carbocycles. The summed E-state index contributed by atoms with van der Waals surface area (Å²) in [6.45, 7) is 2.53. The van der Waals surface area contributed by atoms with E-state index < -0.39 is 12.1 Å². The normalized spacial score (nSPS) is 18.6. The Labute approximate surface area is 254 Å². The first-order valence-electron chi connectivity index (χ1n) is 14.3. The number of carbonyl (C=O) groups excluding carboxylic acids is 3. The second-order valence-electron chi connectivity index (χ2n) is 10.8. The maximum absolute atomic E-state index is 13.7. The minimum absolute atomic E-state index is 0.150. The number of ether oxygens (including phenoxy) is 3. The number of hydrogen-bond donors (Lipinski definition) is 2. The first-order chi connectivity index (χ1) is 21.4. The van der Waals surface area contributed by atoms with Crippen LogP contribution in [0.1, 0.15) is 38.6 Å². The molecule has 11 heteroatoms. The van der Waals surface area contributed by atoms with Gasteiger partial charge in [-0.15, -0.1) is 0 Å². The van der Waals surface area contributed by atoms with Gasteiger partial charge in [0.2, 0.25) is 0 Å². The van der Waals surface area contributed by atoms with Crippen molar-refractivity contribution in [3.05, 3.63) is 95.4 Å². The highest BCUT2D eigenvalue weighted by Crippen LogP contribution is 2.33. The molecule has 1 saturated heterocycles. The lowest BCUT2D eigenvalue weighted by Gasteiger charge is -2.38. The van der Waals surface area contributed by atoms with Gasteiger partial charge in [0.25, 0.3) is 17.7 Å². The predicted octanol–water partition coefficient (Wildman–Crippen LogP) is 3.76. The predicted molar refractivity (Wildman–Crippen MR) is 160 cm³/mol. The molecule has 0 aliphatic carbocycles. The molecule has 44 heavy (non-hydrogen) atoms. The van der Waals surface area contributed by atoms with Gasteiger partial charge in [0, 0.05) is 43.2 Å². The molecule has 226 valence electrons. The molecule has 1 aromatic heterocycles. The molecule has 7 rings (SSSR count). The van der Waals surface area contributed by atoms with Gasteiger partial charge in [0.05, 0.1) is 13.2 Å². The summed E-state index contributed by atoms with van der Waals surface area (Å²) >= 11 is 0. The van der Waals surface area contributed by atoms with E-state index in [0.29, 0.717) is 53.6 Å². The number of piperidine rings is 1. The molecule has 3 aromatic carbocycles. The van der Waals surface area contributed by atoms with Crippen LogP contribution in [0.2, 0.25) is 0 Å². The first kappa shape index (κ1) is 28.8. The smallest absolute Gasteiger partial charge is 0.276 e. The molecular formula is C33H32N4O7. The SMILES string of the molecule is COc1ccc2cc1-c1cccc(c1)OCC(=O)NCc1ccc(cc1)O[C@@H]1CCN(C(=O)c3cc(C)on3)C[C@H]1NC2=O. The average Bonchev–Trinajstić information content (AvgIpc) is 3.49. The number of aryl methyl sites for hydroxylation is 1. The van der Waals surface area contributed by atoms with Crippen molar-refractivity contribution in [2.75, 3.05) is 26.8 Å². The summed E-state index contributed by atoms with van der Waals surface area (Å²) in [6, 6.07) is 20.9. The molecule has 4 heterocycles. The van der Waals surface area contributed by atoms with Gasteiger partial charge >= 0.3 is 0 Å². The second kappa shape index (κ2) is 12.5. The highest BCUT2D eigenvalue weighted by atomic mass is 16.5. The van der Waals surface area contributed by atoms with Crippen LogP contribution in [0.3, 0.4) is 0 Å². The van der Waals surface area contributed by atoms with Crippen LogP contribution in [-0.4, -0.2) is 66.7 Å². The number of fused-ring (bicyclic) bond motifs is 7. The summed E-state index contributed by atoms with van der Waals surface area (Å²) in [4.78, 5) is 41.1. The van der Waals surface area contributed by atoms with Gasteiger partial charge in [-0.3, -0.25) is 14.4 Å². The topological polar surface area (TPSA) is 132 Å². The van der Waals surface area contributed by atoms with Crippen LogP contribution in [0.4, 0.5) is 0 Å². The number of aromatic nitrogens is 1. The molecule has 4 aromatic rings. The zero-order chi connectivity index (χ0) is 30.6. The molecular weight excluding hydrogens is 564 g/mol. The first-order valence-corrected chi connectivity index (χ1v) is 14.3. The minimum atomic E-state index is -0.528. The van der Waals surface area contributed by atoms with Crippen molar-refractivity contribution < 1.29 is 33.1 Å². The van der Waals surface area contributed by atoms with E-state index in [2.05, 4.69) is 15.8 Å². The largest absolute Gasteiger partial charge is 0.496 e. The number of carbonyl (C=O) groups is 3. The van der Waals surface area contributed by atoms with E-state index >= 15 is 0 Å². The number of nitrogens with one attached hydrogen (secondary N) is 2. The van der Waals surface area contributed by atoms with Crippen LogP contribution in [-0.2, 0) is 11.3 Å². The van der Waals surface area contributed by atoms with E-state index in [-0.39, 0.29) is 36.6 Å². The fraction of sp³-hybridized carbons (Fsp3) is 0.273. The molecule has 3 amide bonds. The maximum Gasteiger partial charge on any atom is 0.276 e. The molecule has 3 aliphatic heterocycles. The van der Waals surface area contributed by atoms with Crippen LogP contribution in [0.5, 0.6) is 17.2 Å². The van der Waals surface area contributed by atoms with Gasteiger partial charge in [0.15, 0.2) is 12.3 Å². The highest BCUT2D eigenvalue weighted by molar-refractivity contribution is 5.97. The number of amides is 3. The Kier molecular flexibility index (Phi) is 8.18. The number of benzene rings is 3. The fourth-order valence-electron chi connectivity index (χ4n) is 5.37. The van der Waals surface area contributed by atoms with Gasteiger partial charge in [-0.25, -0.2) is 0 Å². The number of hydrogen-bond acceptors (Lipinski definition) is 8. The third-order valence-corrected chi connectivity index (χ3v) is 7.68.